The molecule has 0 bridgehead atoms. The van der Waals surface area contributed by atoms with E-state index in [1.165, 1.54) is 0 Å². The molecule has 1 aromatic rings. The van der Waals surface area contributed by atoms with E-state index in [4.69, 9.17) is 9.68 Å². The number of rotatable bonds is 3. The highest BCUT2D eigenvalue weighted by Gasteiger charge is 2.24. The Balaban J connectivity index is 1.99. The molecule has 0 amide bonds. The Morgan fingerprint density at radius 1 is 1.60 bits per heavy atom. The molecule has 0 aromatic carbocycles. The molecule has 80 valence electrons. The van der Waals surface area contributed by atoms with Crippen LogP contribution < -0.4 is 0 Å². The predicted octanol–water partition coefficient (Wildman–Crippen LogP) is 2.09. The van der Waals surface area contributed by atoms with E-state index in [0.717, 1.165) is 25.1 Å². The molecule has 2 heterocycles. The maximum Gasteiger partial charge on any atom is 0.203 e. The van der Waals surface area contributed by atoms with Crippen LogP contribution in [0.5, 0.6) is 0 Å². The first-order valence-electron chi connectivity index (χ1n) is 5.12. The second kappa shape index (κ2) is 4.45. The van der Waals surface area contributed by atoms with E-state index in [1.54, 1.807) is 12.1 Å². The minimum atomic E-state index is -0.300. The number of nitrogens with zero attached hydrogens (tertiary/aromatic N) is 2. The first kappa shape index (κ1) is 10.2. The lowest BCUT2D eigenvalue weighted by Crippen LogP contribution is -2.30. The molecule has 4 heteroatoms. The zero-order valence-electron chi connectivity index (χ0n) is 8.45. The van der Waals surface area contributed by atoms with Crippen molar-refractivity contribution >= 4 is 0 Å². The standard InChI is InChI=1S/C11H13FN2O/c12-6-9-2-1-5-14(9)8-11-4-3-10(7-13)15-11/h3-4,9H,1-2,5-6,8H2/t9-/m1/s1. The van der Waals surface area contributed by atoms with Gasteiger partial charge in [0.1, 0.15) is 18.5 Å². The molecule has 1 atom stereocenters. The molecule has 0 unspecified atom stereocenters. The Morgan fingerprint density at radius 3 is 3.13 bits per heavy atom. The molecule has 0 spiro atoms. The molecular formula is C11H13FN2O. The van der Waals surface area contributed by atoms with Crippen LogP contribution in [0, 0.1) is 11.3 Å². The van der Waals surface area contributed by atoms with Crippen molar-refractivity contribution in [2.75, 3.05) is 13.2 Å². The van der Waals surface area contributed by atoms with Crippen LogP contribution in [0.3, 0.4) is 0 Å². The number of likely N-dealkylation sites (tertiary alicyclic amines) is 1. The van der Waals surface area contributed by atoms with Crippen LogP contribution in [0.25, 0.3) is 0 Å². The third kappa shape index (κ3) is 2.18. The van der Waals surface area contributed by atoms with Crippen molar-refractivity contribution in [2.45, 2.75) is 25.4 Å². The number of furan rings is 1. The lowest BCUT2D eigenvalue weighted by atomic mass is 10.2. The summed E-state index contributed by atoms with van der Waals surface area (Å²) in [6, 6.07) is 5.40. The fourth-order valence-electron chi connectivity index (χ4n) is 2.00. The first-order chi connectivity index (χ1) is 7.33. The van der Waals surface area contributed by atoms with Crippen LogP contribution in [-0.4, -0.2) is 24.2 Å². The number of hydrogen-bond donors (Lipinski definition) is 0. The van der Waals surface area contributed by atoms with Gasteiger partial charge < -0.3 is 4.42 Å². The Labute approximate surface area is 88.1 Å². The van der Waals surface area contributed by atoms with Crippen LogP contribution in [0.1, 0.15) is 24.4 Å². The third-order valence-corrected chi connectivity index (χ3v) is 2.81. The Hall–Kier alpha value is -1.34. The smallest absolute Gasteiger partial charge is 0.203 e. The monoisotopic (exact) mass is 208 g/mol. The highest BCUT2D eigenvalue weighted by molar-refractivity contribution is 5.19. The number of nitriles is 1. The summed E-state index contributed by atoms with van der Waals surface area (Å²) in [5.41, 5.74) is 0. The molecule has 15 heavy (non-hydrogen) atoms. The number of hydrogen-bond acceptors (Lipinski definition) is 3. The van der Waals surface area contributed by atoms with Gasteiger partial charge in [0.15, 0.2) is 0 Å². The van der Waals surface area contributed by atoms with Gasteiger partial charge in [0.25, 0.3) is 0 Å². The van der Waals surface area contributed by atoms with Gasteiger partial charge in [0, 0.05) is 6.04 Å². The van der Waals surface area contributed by atoms with Crippen molar-refractivity contribution in [3.8, 4) is 6.07 Å². The van der Waals surface area contributed by atoms with E-state index in [1.807, 2.05) is 6.07 Å². The fraction of sp³-hybridized carbons (Fsp3) is 0.545. The highest BCUT2D eigenvalue weighted by Crippen LogP contribution is 2.21. The van der Waals surface area contributed by atoms with E-state index in [9.17, 15) is 4.39 Å². The molecule has 0 saturated carbocycles. The number of halogens is 1. The fourth-order valence-corrected chi connectivity index (χ4v) is 2.00. The molecule has 1 aromatic heterocycles. The molecular weight excluding hydrogens is 195 g/mol. The maximum atomic E-state index is 12.6. The molecule has 0 N–H and O–H groups in total. The summed E-state index contributed by atoms with van der Waals surface area (Å²) in [4.78, 5) is 2.07. The molecule has 3 nitrogen and oxygen atoms in total. The van der Waals surface area contributed by atoms with Gasteiger partial charge in [0.05, 0.1) is 6.54 Å². The van der Waals surface area contributed by atoms with Gasteiger partial charge in [-0.05, 0) is 31.5 Å². The van der Waals surface area contributed by atoms with Crippen molar-refractivity contribution in [1.82, 2.24) is 4.90 Å². The van der Waals surface area contributed by atoms with Gasteiger partial charge in [-0.1, -0.05) is 0 Å². The van der Waals surface area contributed by atoms with Crippen molar-refractivity contribution in [3.05, 3.63) is 23.7 Å². The highest BCUT2D eigenvalue weighted by atomic mass is 19.1. The summed E-state index contributed by atoms with van der Waals surface area (Å²) in [6.07, 6.45) is 1.96. The molecule has 0 radical (unpaired) electrons. The van der Waals surface area contributed by atoms with E-state index in [2.05, 4.69) is 4.90 Å². The first-order valence-corrected chi connectivity index (χ1v) is 5.12. The second-order valence-corrected chi connectivity index (χ2v) is 3.80. The zero-order valence-corrected chi connectivity index (χ0v) is 8.45. The predicted molar refractivity (Wildman–Crippen MR) is 52.8 cm³/mol. The third-order valence-electron chi connectivity index (χ3n) is 2.81. The minimum absolute atomic E-state index is 0.0284. The van der Waals surface area contributed by atoms with Gasteiger partial charge in [-0.25, -0.2) is 4.39 Å². The van der Waals surface area contributed by atoms with E-state index in [-0.39, 0.29) is 12.7 Å². The normalized spacial score (nSPS) is 21.7. The molecule has 2 rings (SSSR count). The van der Waals surface area contributed by atoms with Crippen LogP contribution in [0.4, 0.5) is 4.39 Å². The lowest BCUT2D eigenvalue weighted by molar-refractivity contribution is 0.193. The quantitative estimate of drug-likeness (QED) is 0.763. The minimum Gasteiger partial charge on any atom is -0.449 e. The summed E-state index contributed by atoms with van der Waals surface area (Å²) in [6.45, 7) is 1.22. The molecule has 0 aliphatic carbocycles. The van der Waals surface area contributed by atoms with Gasteiger partial charge in [0.2, 0.25) is 5.76 Å². The summed E-state index contributed by atoms with van der Waals surface area (Å²) < 4.78 is 17.9. The Kier molecular flexibility index (Phi) is 3.02. The number of alkyl halides is 1. The van der Waals surface area contributed by atoms with Crippen LogP contribution in [0.15, 0.2) is 16.5 Å². The van der Waals surface area contributed by atoms with Crippen LogP contribution in [-0.2, 0) is 6.54 Å². The molecule has 1 saturated heterocycles. The van der Waals surface area contributed by atoms with E-state index < -0.39 is 0 Å². The molecule has 1 fully saturated rings. The van der Waals surface area contributed by atoms with Gasteiger partial charge >= 0.3 is 0 Å². The largest absolute Gasteiger partial charge is 0.449 e. The SMILES string of the molecule is N#Cc1ccc(CN2CCC[C@@H]2CF)o1. The summed E-state index contributed by atoms with van der Waals surface area (Å²) >= 11 is 0. The van der Waals surface area contributed by atoms with Gasteiger partial charge in [-0.2, -0.15) is 5.26 Å². The summed E-state index contributed by atoms with van der Waals surface area (Å²) in [5, 5.41) is 8.59. The van der Waals surface area contributed by atoms with Crippen molar-refractivity contribution in [1.29, 1.82) is 5.26 Å². The van der Waals surface area contributed by atoms with Crippen LogP contribution in [0.2, 0.25) is 0 Å². The van der Waals surface area contributed by atoms with Crippen LogP contribution >= 0.6 is 0 Å². The average Bonchev–Trinajstić information content (AvgIpc) is 2.87. The Bertz CT molecular complexity index is 369. The zero-order chi connectivity index (χ0) is 10.7. The van der Waals surface area contributed by atoms with Crippen molar-refractivity contribution in [3.63, 3.8) is 0 Å². The van der Waals surface area contributed by atoms with Crippen molar-refractivity contribution < 1.29 is 8.81 Å². The molecule has 1 aliphatic heterocycles. The van der Waals surface area contributed by atoms with E-state index in [0.29, 0.717) is 12.3 Å². The van der Waals surface area contributed by atoms with Crippen molar-refractivity contribution in [2.24, 2.45) is 0 Å². The van der Waals surface area contributed by atoms with Gasteiger partial charge in [-0.3, -0.25) is 4.90 Å². The topological polar surface area (TPSA) is 40.2 Å². The molecule has 1 aliphatic rings. The van der Waals surface area contributed by atoms with E-state index >= 15 is 0 Å². The lowest BCUT2D eigenvalue weighted by Gasteiger charge is -2.20. The summed E-state index contributed by atoms with van der Waals surface area (Å²) in [5.74, 6) is 1.06. The average molecular weight is 208 g/mol. The maximum absolute atomic E-state index is 12.6. The summed E-state index contributed by atoms with van der Waals surface area (Å²) in [7, 11) is 0. The van der Waals surface area contributed by atoms with Gasteiger partial charge in [-0.15, -0.1) is 0 Å². The Morgan fingerprint density at radius 2 is 2.47 bits per heavy atom. The second-order valence-electron chi connectivity index (χ2n) is 3.80.